The molecule has 0 bridgehead atoms. The van der Waals surface area contributed by atoms with Crippen molar-refractivity contribution in [3.05, 3.63) is 29.6 Å². The Kier molecular flexibility index (Phi) is 3.19. The summed E-state index contributed by atoms with van der Waals surface area (Å²) in [6.07, 6.45) is 6.64. The van der Waals surface area contributed by atoms with Crippen molar-refractivity contribution in [1.82, 2.24) is 4.98 Å². The van der Waals surface area contributed by atoms with E-state index in [1.165, 1.54) is 12.7 Å². The van der Waals surface area contributed by atoms with Crippen molar-refractivity contribution >= 4 is 5.97 Å². The molecule has 1 heterocycles. The number of esters is 1. The molecule has 0 radical (unpaired) electrons. The maximum absolute atomic E-state index is 11.5. The summed E-state index contributed by atoms with van der Waals surface area (Å²) in [5.41, 5.74) is 8.27. The van der Waals surface area contributed by atoms with Crippen LogP contribution in [0.3, 0.4) is 0 Å². The monoisotopic (exact) mass is 220 g/mol. The minimum atomic E-state index is -0.576. The van der Waals surface area contributed by atoms with Gasteiger partial charge in [-0.25, -0.2) is 0 Å². The van der Waals surface area contributed by atoms with Crippen molar-refractivity contribution in [2.24, 2.45) is 5.73 Å². The summed E-state index contributed by atoms with van der Waals surface area (Å²) >= 11 is 0. The van der Waals surface area contributed by atoms with Gasteiger partial charge in [-0.1, -0.05) is 0 Å². The molecule has 1 aliphatic carbocycles. The van der Waals surface area contributed by atoms with E-state index in [2.05, 4.69) is 4.98 Å². The number of nitrogens with zero attached hydrogens (tertiary/aromatic N) is 1. The molecule has 0 saturated carbocycles. The molecule has 2 unspecified atom stereocenters. The molecule has 0 amide bonds. The summed E-state index contributed by atoms with van der Waals surface area (Å²) in [4.78, 5) is 15.6. The first-order chi connectivity index (χ1) is 7.74. The highest BCUT2D eigenvalue weighted by atomic mass is 16.5. The van der Waals surface area contributed by atoms with Gasteiger partial charge in [-0.2, -0.15) is 0 Å². The highest BCUT2D eigenvalue weighted by molar-refractivity contribution is 5.76. The summed E-state index contributed by atoms with van der Waals surface area (Å²) < 4.78 is 4.70. The fraction of sp³-hybridized carbons (Fsp3) is 0.500. The number of fused-ring (bicyclic) bond motifs is 1. The third-order valence-electron chi connectivity index (χ3n) is 3.21. The average Bonchev–Trinajstić information content (AvgIpc) is 2.36. The van der Waals surface area contributed by atoms with Crippen LogP contribution in [0.25, 0.3) is 0 Å². The van der Waals surface area contributed by atoms with Crippen LogP contribution in [-0.2, 0) is 16.0 Å². The Morgan fingerprint density at radius 1 is 1.69 bits per heavy atom. The van der Waals surface area contributed by atoms with Crippen LogP contribution < -0.4 is 5.73 Å². The topological polar surface area (TPSA) is 65.2 Å². The Balaban J connectivity index is 2.28. The molecule has 86 valence electrons. The Morgan fingerprint density at radius 3 is 3.25 bits per heavy atom. The molecule has 2 rings (SSSR count). The van der Waals surface area contributed by atoms with E-state index in [4.69, 9.17) is 10.5 Å². The van der Waals surface area contributed by atoms with Gasteiger partial charge in [-0.05, 0) is 36.5 Å². The fourth-order valence-corrected chi connectivity index (χ4v) is 2.34. The zero-order valence-electron chi connectivity index (χ0n) is 9.35. The molecule has 16 heavy (non-hydrogen) atoms. The second kappa shape index (κ2) is 4.61. The van der Waals surface area contributed by atoms with E-state index in [0.717, 1.165) is 24.8 Å². The van der Waals surface area contributed by atoms with E-state index in [0.29, 0.717) is 0 Å². The van der Waals surface area contributed by atoms with Gasteiger partial charge in [-0.15, -0.1) is 0 Å². The van der Waals surface area contributed by atoms with Gasteiger partial charge >= 0.3 is 5.97 Å². The largest absolute Gasteiger partial charge is 0.468 e. The molecule has 0 spiro atoms. The lowest BCUT2D eigenvalue weighted by Gasteiger charge is -2.28. The molecule has 1 aliphatic rings. The lowest BCUT2D eigenvalue weighted by atomic mass is 9.80. The summed E-state index contributed by atoms with van der Waals surface area (Å²) in [5.74, 6) is -0.299. The van der Waals surface area contributed by atoms with Crippen LogP contribution in [0.15, 0.2) is 18.5 Å². The van der Waals surface area contributed by atoms with Crippen molar-refractivity contribution in [3.8, 4) is 0 Å². The number of ether oxygens (including phenoxy) is 1. The third kappa shape index (κ3) is 1.93. The molecule has 2 N–H and O–H groups in total. The molecule has 0 saturated heterocycles. The number of rotatable bonds is 2. The van der Waals surface area contributed by atoms with E-state index >= 15 is 0 Å². The number of aryl methyl sites for hydroxylation is 1. The maximum atomic E-state index is 11.5. The normalized spacial score (nSPS) is 21.0. The summed E-state index contributed by atoms with van der Waals surface area (Å²) in [6.45, 7) is 0. The molecule has 1 aromatic rings. The number of hydrogen-bond acceptors (Lipinski definition) is 4. The highest BCUT2D eigenvalue weighted by Gasteiger charge is 2.30. The fourth-order valence-electron chi connectivity index (χ4n) is 2.34. The van der Waals surface area contributed by atoms with Crippen LogP contribution in [0.2, 0.25) is 0 Å². The molecule has 4 heteroatoms. The van der Waals surface area contributed by atoms with Crippen LogP contribution in [0, 0.1) is 0 Å². The second-order valence-corrected chi connectivity index (χ2v) is 4.12. The molecular weight excluding hydrogens is 204 g/mol. The number of aromatic nitrogens is 1. The SMILES string of the molecule is COC(=O)C(N)C1CCCc2ccncc21. The molecule has 4 nitrogen and oxygen atoms in total. The maximum Gasteiger partial charge on any atom is 0.323 e. The van der Waals surface area contributed by atoms with Crippen LogP contribution in [0.5, 0.6) is 0 Å². The van der Waals surface area contributed by atoms with E-state index in [1.54, 1.807) is 6.20 Å². The summed E-state index contributed by atoms with van der Waals surface area (Å²) in [5, 5.41) is 0. The lowest BCUT2D eigenvalue weighted by Crippen LogP contribution is -2.39. The van der Waals surface area contributed by atoms with Crippen molar-refractivity contribution < 1.29 is 9.53 Å². The first-order valence-electron chi connectivity index (χ1n) is 5.50. The summed E-state index contributed by atoms with van der Waals surface area (Å²) in [6, 6.07) is 1.43. The molecule has 0 fully saturated rings. The number of carbonyl (C=O) groups excluding carboxylic acids is 1. The first kappa shape index (κ1) is 11.1. The highest BCUT2D eigenvalue weighted by Crippen LogP contribution is 2.32. The average molecular weight is 220 g/mol. The minimum absolute atomic E-state index is 0.0462. The van der Waals surface area contributed by atoms with Gasteiger partial charge < -0.3 is 10.5 Å². The van der Waals surface area contributed by atoms with Crippen LogP contribution >= 0.6 is 0 Å². The van der Waals surface area contributed by atoms with Gasteiger partial charge in [0, 0.05) is 18.3 Å². The molecule has 0 aromatic carbocycles. The van der Waals surface area contributed by atoms with Crippen molar-refractivity contribution in [2.45, 2.75) is 31.2 Å². The number of hydrogen-bond donors (Lipinski definition) is 1. The predicted octanol–water partition coefficient (Wildman–Crippen LogP) is 1.00. The predicted molar refractivity (Wildman–Crippen MR) is 59.9 cm³/mol. The Hall–Kier alpha value is -1.42. The van der Waals surface area contributed by atoms with Gasteiger partial charge in [0.15, 0.2) is 0 Å². The number of methoxy groups -OCH3 is 1. The van der Waals surface area contributed by atoms with E-state index in [9.17, 15) is 4.79 Å². The van der Waals surface area contributed by atoms with Crippen molar-refractivity contribution in [2.75, 3.05) is 7.11 Å². The minimum Gasteiger partial charge on any atom is -0.468 e. The third-order valence-corrected chi connectivity index (χ3v) is 3.21. The quantitative estimate of drug-likeness (QED) is 0.755. The van der Waals surface area contributed by atoms with Gasteiger partial charge in [0.05, 0.1) is 7.11 Å². The van der Waals surface area contributed by atoms with Crippen molar-refractivity contribution in [1.29, 1.82) is 0 Å². The molecule has 0 aliphatic heterocycles. The Bertz CT molecular complexity index is 392. The second-order valence-electron chi connectivity index (χ2n) is 4.12. The summed E-state index contributed by atoms with van der Waals surface area (Å²) in [7, 11) is 1.37. The zero-order valence-corrected chi connectivity index (χ0v) is 9.35. The smallest absolute Gasteiger partial charge is 0.323 e. The molecule has 2 atom stereocenters. The Labute approximate surface area is 94.8 Å². The Morgan fingerprint density at radius 2 is 2.50 bits per heavy atom. The van der Waals surface area contributed by atoms with Crippen LogP contribution in [0.4, 0.5) is 0 Å². The first-order valence-corrected chi connectivity index (χ1v) is 5.50. The van der Waals surface area contributed by atoms with E-state index in [-0.39, 0.29) is 11.9 Å². The number of pyridine rings is 1. The zero-order chi connectivity index (χ0) is 11.5. The van der Waals surface area contributed by atoms with Gasteiger partial charge in [-0.3, -0.25) is 9.78 Å². The number of carbonyl (C=O) groups is 1. The lowest BCUT2D eigenvalue weighted by molar-refractivity contribution is -0.142. The van der Waals surface area contributed by atoms with Crippen LogP contribution in [-0.4, -0.2) is 24.1 Å². The van der Waals surface area contributed by atoms with Gasteiger partial charge in [0.1, 0.15) is 6.04 Å². The van der Waals surface area contributed by atoms with E-state index < -0.39 is 6.04 Å². The number of nitrogens with two attached hydrogens (primary N) is 1. The molecular formula is C12H16N2O2. The van der Waals surface area contributed by atoms with Gasteiger partial charge in [0.2, 0.25) is 0 Å². The van der Waals surface area contributed by atoms with Crippen LogP contribution in [0.1, 0.15) is 29.9 Å². The van der Waals surface area contributed by atoms with Gasteiger partial charge in [0.25, 0.3) is 0 Å². The van der Waals surface area contributed by atoms with Crippen molar-refractivity contribution in [3.63, 3.8) is 0 Å². The van der Waals surface area contributed by atoms with E-state index in [1.807, 2.05) is 12.3 Å². The molecule has 1 aromatic heterocycles. The standard InChI is InChI=1S/C12H16N2O2/c1-16-12(15)11(13)9-4-2-3-8-5-6-14-7-10(8)9/h5-7,9,11H,2-4,13H2,1H3.